The fourth-order valence-electron chi connectivity index (χ4n) is 5.88. The van der Waals surface area contributed by atoms with Crippen LogP contribution in [0.5, 0.6) is 5.75 Å². The molecule has 4 aliphatic carbocycles. The maximum absolute atomic E-state index is 12.9. The van der Waals surface area contributed by atoms with Gasteiger partial charge in [0.15, 0.2) is 0 Å². The summed E-state index contributed by atoms with van der Waals surface area (Å²) < 4.78 is 5.21. The van der Waals surface area contributed by atoms with E-state index in [2.05, 4.69) is 10.6 Å². The number of halogens is 1. The summed E-state index contributed by atoms with van der Waals surface area (Å²) in [6.07, 6.45) is 7.13. The summed E-state index contributed by atoms with van der Waals surface area (Å²) in [6.45, 7) is 0.821. The molecule has 27 heavy (non-hydrogen) atoms. The highest BCUT2D eigenvalue weighted by Crippen LogP contribution is 2.60. The number of benzene rings is 1. The Morgan fingerprint density at radius 3 is 2.26 bits per heavy atom. The number of hydrogen-bond acceptors (Lipinski definition) is 3. The van der Waals surface area contributed by atoms with Crippen LogP contribution in [0.2, 0.25) is 5.02 Å². The van der Waals surface area contributed by atoms with Gasteiger partial charge in [-0.3, -0.25) is 9.59 Å². The second-order valence-electron chi connectivity index (χ2n) is 8.55. The van der Waals surface area contributed by atoms with Gasteiger partial charge in [0, 0.05) is 23.5 Å². The monoisotopic (exact) mass is 390 g/mol. The number of rotatable bonds is 6. The summed E-state index contributed by atoms with van der Waals surface area (Å²) >= 11 is 5.98. The van der Waals surface area contributed by atoms with Gasteiger partial charge in [0.25, 0.3) is 5.91 Å². The third-order valence-corrected chi connectivity index (χ3v) is 6.86. The molecule has 6 heteroatoms. The van der Waals surface area contributed by atoms with Crippen LogP contribution in [0.4, 0.5) is 0 Å². The standard InChI is InChI=1S/C21H27ClN2O3/c1-27-18-3-2-16(22)9-17(18)19(25)23-4-5-24-20(26)21-10-13-6-14(11-21)8-15(7-13)12-21/h2-3,9,13-15H,4-8,10-12H2,1H3,(H,23,25)(H,24,26). The minimum Gasteiger partial charge on any atom is -0.496 e. The SMILES string of the molecule is COc1ccc(Cl)cc1C(=O)NCCNC(=O)C12CC3CC(CC(C3)C1)C2. The molecule has 0 aromatic heterocycles. The van der Waals surface area contributed by atoms with Gasteiger partial charge in [-0.05, 0) is 74.5 Å². The molecule has 0 radical (unpaired) electrons. The summed E-state index contributed by atoms with van der Waals surface area (Å²) in [5, 5.41) is 6.40. The van der Waals surface area contributed by atoms with E-state index >= 15 is 0 Å². The summed E-state index contributed by atoms with van der Waals surface area (Å²) in [6, 6.07) is 4.94. The van der Waals surface area contributed by atoms with Gasteiger partial charge in [-0.2, -0.15) is 0 Å². The quantitative estimate of drug-likeness (QED) is 0.731. The number of nitrogens with one attached hydrogen (secondary N) is 2. The average molecular weight is 391 g/mol. The van der Waals surface area contributed by atoms with Crippen LogP contribution in [0.15, 0.2) is 18.2 Å². The molecule has 4 aliphatic rings. The molecule has 0 heterocycles. The van der Waals surface area contributed by atoms with Gasteiger partial charge in [-0.25, -0.2) is 0 Å². The van der Waals surface area contributed by atoms with E-state index < -0.39 is 0 Å². The average Bonchev–Trinajstić information content (AvgIpc) is 2.63. The van der Waals surface area contributed by atoms with Crippen LogP contribution >= 0.6 is 11.6 Å². The number of hydrogen-bond donors (Lipinski definition) is 2. The zero-order valence-electron chi connectivity index (χ0n) is 15.7. The van der Waals surface area contributed by atoms with Gasteiger partial charge >= 0.3 is 0 Å². The number of carbonyl (C=O) groups excluding carboxylic acids is 2. The topological polar surface area (TPSA) is 67.4 Å². The fourth-order valence-corrected chi connectivity index (χ4v) is 6.05. The van der Waals surface area contributed by atoms with E-state index in [1.165, 1.54) is 26.4 Å². The third-order valence-electron chi connectivity index (χ3n) is 6.62. The molecular formula is C21H27ClN2O3. The molecule has 0 spiro atoms. The van der Waals surface area contributed by atoms with Crippen molar-refractivity contribution in [1.82, 2.24) is 10.6 Å². The van der Waals surface area contributed by atoms with E-state index in [1.54, 1.807) is 18.2 Å². The Labute approximate surface area is 165 Å². The molecule has 4 fully saturated rings. The Morgan fingerprint density at radius 1 is 1.07 bits per heavy atom. The van der Waals surface area contributed by atoms with Gasteiger partial charge in [-0.15, -0.1) is 0 Å². The number of carbonyl (C=O) groups is 2. The lowest BCUT2D eigenvalue weighted by atomic mass is 9.49. The molecule has 5 rings (SSSR count). The van der Waals surface area contributed by atoms with Crippen molar-refractivity contribution in [2.24, 2.45) is 23.2 Å². The first-order chi connectivity index (χ1) is 13.0. The zero-order chi connectivity index (χ0) is 19.0. The highest BCUT2D eigenvalue weighted by Gasteiger charge is 2.54. The molecule has 4 saturated carbocycles. The number of ether oxygens (including phenoxy) is 1. The zero-order valence-corrected chi connectivity index (χ0v) is 16.5. The molecule has 1 aromatic carbocycles. The highest BCUT2D eigenvalue weighted by atomic mass is 35.5. The van der Waals surface area contributed by atoms with Gasteiger partial charge in [0.05, 0.1) is 12.7 Å². The van der Waals surface area contributed by atoms with Crippen LogP contribution in [0.1, 0.15) is 48.9 Å². The van der Waals surface area contributed by atoms with Gasteiger partial charge in [0.2, 0.25) is 5.91 Å². The lowest BCUT2D eigenvalue weighted by Crippen LogP contribution is -2.54. The first-order valence-corrected chi connectivity index (χ1v) is 10.3. The lowest BCUT2D eigenvalue weighted by Gasteiger charge is -2.55. The molecule has 0 atom stereocenters. The maximum Gasteiger partial charge on any atom is 0.255 e. The highest BCUT2D eigenvalue weighted by molar-refractivity contribution is 6.31. The molecule has 0 aliphatic heterocycles. The van der Waals surface area contributed by atoms with E-state index in [1.807, 2.05) is 0 Å². The Balaban J connectivity index is 1.29. The minimum absolute atomic E-state index is 0.144. The fraction of sp³-hybridized carbons (Fsp3) is 0.619. The second-order valence-corrected chi connectivity index (χ2v) is 8.99. The molecule has 4 bridgehead atoms. The van der Waals surface area contributed by atoms with Crippen molar-refractivity contribution in [2.45, 2.75) is 38.5 Å². The van der Waals surface area contributed by atoms with Crippen LogP contribution in [0, 0.1) is 23.2 Å². The summed E-state index contributed by atoms with van der Waals surface area (Å²) in [5.74, 6) is 2.66. The second kappa shape index (κ2) is 7.34. The van der Waals surface area contributed by atoms with Crippen molar-refractivity contribution < 1.29 is 14.3 Å². The molecule has 2 N–H and O–H groups in total. The molecular weight excluding hydrogens is 364 g/mol. The predicted molar refractivity (Wildman–Crippen MR) is 104 cm³/mol. The predicted octanol–water partition coefficient (Wildman–Crippen LogP) is 3.41. The molecule has 146 valence electrons. The normalized spacial score (nSPS) is 30.8. The van der Waals surface area contributed by atoms with Crippen molar-refractivity contribution in [3.63, 3.8) is 0 Å². The molecule has 0 saturated heterocycles. The van der Waals surface area contributed by atoms with Gasteiger partial charge in [-0.1, -0.05) is 11.6 Å². The van der Waals surface area contributed by atoms with E-state index in [0.717, 1.165) is 37.0 Å². The third kappa shape index (κ3) is 3.66. The summed E-state index contributed by atoms with van der Waals surface area (Å²) in [5.41, 5.74) is 0.256. The minimum atomic E-state index is -0.251. The molecule has 0 unspecified atom stereocenters. The van der Waals surface area contributed by atoms with Crippen LogP contribution in [0.3, 0.4) is 0 Å². The van der Waals surface area contributed by atoms with Gasteiger partial charge < -0.3 is 15.4 Å². The number of methoxy groups -OCH3 is 1. The largest absolute Gasteiger partial charge is 0.496 e. The maximum atomic E-state index is 12.9. The van der Waals surface area contributed by atoms with E-state index in [4.69, 9.17) is 16.3 Å². The summed E-state index contributed by atoms with van der Waals surface area (Å²) in [7, 11) is 1.52. The van der Waals surface area contributed by atoms with Crippen LogP contribution < -0.4 is 15.4 Å². The molecule has 2 amide bonds. The van der Waals surface area contributed by atoms with Crippen molar-refractivity contribution in [1.29, 1.82) is 0 Å². The van der Waals surface area contributed by atoms with Gasteiger partial charge in [0.1, 0.15) is 5.75 Å². The van der Waals surface area contributed by atoms with Crippen molar-refractivity contribution in [3.05, 3.63) is 28.8 Å². The number of amides is 2. The Hall–Kier alpha value is -1.75. The molecule has 1 aromatic rings. The lowest BCUT2D eigenvalue weighted by molar-refractivity contribution is -0.146. The van der Waals surface area contributed by atoms with Crippen LogP contribution in [0.25, 0.3) is 0 Å². The Morgan fingerprint density at radius 2 is 1.67 bits per heavy atom. The Kier molecular flexibility index (Phi) is 5.06. The smallest absolute Gasteiger partial charge is 0.255 e. The molecule has 5 nitrogen and oxygen atoms in total. The Bertz CT molecular complexity index is 714. The first kappa shape index (κ1) is 18.6. The van der Waals surface area contributed by atoms with Crippen molar-refractivity contribution in [2.75, 3.05) is 20.2 Å². The summed E-state index contributed by atoms with van der Waals surface area (Å²) in [4.78, 5) is 25.3. The van der Waals surface area contributed by atoms with E-state index in [-0.39, 0.29) is 17.2 Å². The van der Waals surface area contributed by atoms with Crippen LogP contribution in [-0.2, 0) is 4.79 Å². The van der Waals surface area contributed by atoms with E-state index in [0.29, 0.717) is 29.4 Å². The van der Waals surface area contributed by atoms with Crippen molar-refractivity contribution in [3.8, 4) is 5.75 Å². The van der Waals surface area contributed by atoms with Crippen molar-refractivity contribution >= 4 is 23.4 Å². The van der Waals surface area contributed by atoms with E-state index in [9.17, 15) is 9.59 Å². The first-order valence-electron chi connectivity index (χ1n) is 9.89. The van der Waals surface area contributed by atoms with Crippen LogP contribution in [-0.4, -0.2) is 32.0 Å².